The van der Waals surface area contributed by atoms with Crippen LogP contribution in [0.1, 0.15) is 11.1 Å². The Bertz CT molecular complexity index is 1020. The molecule has 0 saturated carbocycles. The summed E-state index contributed by atoms with van der Waals surface area (Å²) in [5, 5.41) is 4.94. The maximum atomic E-state index is 5.88. The van der Waals surface area contributed by atoms with Gasteiger partial charge in [0.15, 0.2) is 0 Å². The van der Waals surface area contributed by atoms with Crippen molar-refractivity contribution in [2.75, 3.05) is 5.43 Å². The third kappa shape index (κ3) is 4.46. The number of ether oxygens (including phenoxy) is 1. The molecule has 6 heteroatoms. The van der Waals surface area contributed by atoms with Gasteiger partial charge in [-0.3, -0.25) is 0 Å². The van der Waals surface area contributed by atoms with Crippen LogP contribution in [-0.2, 0) is 6.61 Å². The van der Waals surface area contributed by atoms with E-state index in [9.17, 15) is 0 Å². The molecule has 0 unspecified atom stereocenters. The Morgan fingerprint density at radius 3 is 2.56 bits per heavy atom. The van der Waals surface area contributed by atoms with Crippen molar-refractivity contribution in [2.45, 2.75) is 6.61 Å². The summed E-state index contributed by atoms with van der Waals surface area (Å²) in [6, 6.07) is 23.2. The maximum absolute atomic E-state index is 5.88. The predicted molar refractivity (Wildman–Crippen MR) is 110 cm³/mol. The van der Waals surface area contributed by atoms with Gasteiger partial charge in [0.2, 0.25) is 5.95 Å². The third-order valence-electron chi connectivity index (χ3n) is 3.97. The Morgan fingerprint density at radius 1 is 1.00 bits per heavy atom. The van der Waals surface area contributed by atoms with Gasteiger partial charge < -0.3 is 9.72 Å². The fourth-order valence-electron chi connectivity index (χ4n) is 2.57. The van der Waals surface area contributed by atoms with Crippen LogP contribution in [0.3, 0.4) is 0 Å². The van der Waals surface area contributed by atoms with E-state index in [0.717, 1.165) is 32.9 Å². The van der Waals surface area contributed by atoms with Gasteiger partial charge in [0.25, 0.3) is 0 Å². The van der Waals surface area contributed by atoms with Crippen molar-refractivity contribution in [3.05, 3.63) is 88.9 Å². The van der Waals surface area contributed by atoms with Crippen LogP contribution in [0.5, 0.6) is 5.75 Å². The lowest BCUT2D eigenvalue weighted by atomic mass is 10.2. The smallest absolute Gasteiger partial charge is 0.222 e. The molecular weight excluding hydrogens is 360 g/mol. The number of hydrogen-bond acceptors (Lipinski definition) is 4. The van der Waals surface area contributed by atoms with E-state index in [1.54, 1.807) is 6.21 Å². The minimum absolute atomic E-state index is 0.498. The maximum Gasteiger partial charge on any atom is 0.222 e. The van der Waals surface area contributed by atoms with Crippen LogP contribution in [0.4, 0.5) is 5.95 Å². The lowest BCUT2D eigenvalue weighted by Crippen LogP contribution is -1.95. The van der Waals surface area contributed by atoms with Crippen LogP contribution in [0.15, 0.2) is 77.9 Å². The third-order valence-corrected chi connectivity index (χ3v) is 4.22. The number of H-pyrrole nitrogens is 1. The summed E-state index contributed by atoms with van der Waals surface area (Å²) in [4.78, 5) is 7.57. The second-order valence-electron chi connectivity index (χ2n) is 5.96. The summed E-state index contributed by atoms with van der Waals surface area (Å²) in [7, 11) is 0. The highest BCUT2D eigenvalue weighted by atomic mass is 35.5. The number of rotatable bonds is 6. The number of imidazole rings is 1. The van der Waals surface area contributed by atoms with Crippen molar-refractivity contribution in [3.8, 4) is 5.75 Å². The van der Waals surface area contributed by atoms with E-state index in [4.69, 9.17) is 16.3 Å². The lowest BCUT2D eigenvalue weighted by molar-refractivity contribution is 0.306. The first kappa shape index (κ1) is 17.1. The molecule has 2 N–H and O–H groups in total. The van der Waals surface area contributed by atoms with Gasteiger partial charge in [0.1, 0.15) is 12.4 Å². The molecule has 0 fully saturated rings. The molecule has 4 rings (SSSR count). The quantitative estimate of drug-likeness (QED) is 0.357. The molecule has 0 atom stereocenters. The van der Waals surface area contributed by atoms with Crippen molar-refractivity contribution in [1.82, 2.24) is 9.97 Å². The molecule has 1 heterocycles. The Balaban J connectivity index is 1.33. The summed E-state index contributed by atoms with van der Waals surface area (Å²) in [5.41, 5.74) is 6.80. The summed E-state index contributed by atoms with van der Waals surface area (Å²) in [6.07, 6.45) is 1.73. The van der Waals surface area contributed by atoms with Gasteiger partial charge in [0.05, 0.1) is 17.2 Å². The van der Waals surface area contributed by atoms with Crippen LogP contribution in [-0.4, -0.2) is 16.2 Å². The van der Waals surface area contributed by atoms with Crippen molar-refractivity contribution >= 4 is 34.8 Å². The SMILES string of the molecule is Clc1ccc(COc2ccc(/C=N\Nc3nc4ccccc4[nH]3)cc2)cc1. The number of hydrogen-bond donors (Lipinski definition) is 2. The zero-order valence-electron chi connectivity index (χ0n) is 14.4. The van der Waals surface area contributed by atoms with Gasteiger partial charge in [-0.25, -0.2) is 10.4 Å². The number of aromatic nitrogens is 2. The largest absolute Gasteiger partial charge is 0.489 e. The number of nitrogens with zero attached hydrogens (tertiary/aromatic N) is 2. The number of benzene rings is 3. The number of hydrazone groups is 1. The number of anilines is 1. The van der Waals surface area contributed by atoms with Crippen LogP contribution >= 0.6 is 11.6 Å². The molecule has 0 aliphatic carbocycles. The average Bonchev–Trinajstić information content (AvgIpc) is 3.11. The second kappa shape index (κ2) is 7.93. The first-order valence-electron chi connectivity index (χ1n) is 8.47. The summed E-state index contributed by atoms with van der Waals surface area (Å²) in [5.74, 6) is 1.41. The molecule has 0 bridgehead atoms. The first-order chi connectivity index (χ1) is 13.3. The Hall–Kier alpha value is -3.31. The highest BCUT2D eigenvalue weighted by Gasteiger charge is 2.00. The van der Waals surface area contributed by atoms with E-state index in [0.29, 0.717) is 12.6 Å². The van der Waals surface area contributed by atoms with Crippen molar-refractivity contribution < 1.29 is 4.74 Å². The van der Waals surface area contributed by atoms with Crippen LogP contribution < -0.4 is 10.2 Å². The van der Waals surface area contributed by atoms with E-state index < -0.39 is 0 Å². The van der Waals surface area contributed by atoms with Crippen LogP contribution in [0.2, 0.25) is 5.02 Å². The highest BCUT2D eigenvalue weighted by molar-refractivity contribution is 6.30. The molecular formula is C21H17ClN4O. The predicted octanol–water partition coefficient (Wildman–Crippen LogP) is 5.24. The topological polar surface area (TPSA) is 62.3 Å². The molecule has 0 amide bonds. The number of fused-ring (bicyclic) bond motifs is 1. The van der Waals surface area contributed by atoms with Gasteiger partial charge in [0, 0.05) is 5.02 Å². The zero-order chi connectivity index (χ0) is 18.5. The van der Waals surface area contributed by atoms with Crippen LogP contribution in [0.25, 0.3) is 11.0 Å². The summed E-state index contributed by atoms with van der Waals surface area (Å²) < 4.78 is 5.78. The normalized spacial score (nSPS) is 11.1. The van der Waals surface area contributed by atoms with E-state index in [2.05, 4.69) is 20.5 Å². The molecule has 4 aromatic rings. The van der Waals surface area contributed by atoms with Crippen molar-refractivity contribution in [1.29, 1.82) is 0 Å². The highest BCUT2D eigenvalue weighted by Crippen LogP contribution is 2.16. The van der Waals surface area contributed by atoms with E-state index >= 15 is 0 Å². The van der Waals surface area contributed by atoms with Crippen LogP contribution in [0, 0.1) is 0 Å². The van der Waals surface area contributed by atoms with Gasteiger partial charge in [-0.15, -0.1) is 0 Å². The zero-order valence-corrected chi connectivity index (χ0v) is 15.1. The Labute approximate surface area is 161 Å². The molecule has 27 heavy (non-hydrogen) atoms. The molecule has 134 valence electrons. The van der Waals surface area contributed by atoms with Gasteiger partial charge in [-0.1, -0.05) is 35.9 Å². The molecule has 0 aliphatic heterocycles. The number of para-hydroxylation sites is 2. The molecule has 0 spiro atoms. The first-order valence-corrected chi connectivity index (χ1v) is 8.85. The van der Waals surface area contributed by atoms with E-state index in [-0.39, 0.29) is 0 Å². The lowest BCUT2D eigenvalue weighted by Gasteiger charge is -2.06. The molecule has 0 radical (unpaired) electrons. The van der Waals surface area contributed by atoms with Gasteiger partial charge in [-0.2, -0.15) is 5.10 Å². The summed E-state index contributed by atoms with van der Waals surface area (Å²) in [6.45, 7) is 0.498. The van der Waals surface area contributed by atoms with Crippen molar-refractivity contribution in [2.24, 2.45) is 5.10 Å². The number of aromatic amines is 1. The Kier molecular flexibility index (Phi) is 5.03. The second-order valence-corrected chi connectivity index (χ2v) is 6.39. The fourth-order valence-corrected chi connectivity index (χ4v) is 2.70. The minimum Gasteiger partial charge on any atom is -0.489 e. The fraction of sp³-hybridized carbons (Fsp3) is 0.0476. The standard InChI is InChI=1S/C21H17ClN4O/c22-17-9-5-16(6-10-17)14-27-18-11-7-15(8-12-18)13-23-26-21-24-19-3-1-2-4-20(19)25-21/h1-13H,14H2,(H2,24,25,26)/b23-13-. The van der Waals surface area contributed by atoms with E-state index in [1.807, 2.05) is 72.8 Å². The molecule has 3 aromatic carbocycles. The molecule has 0 saturated heterocycles. The van der Waals surface area contributed by atoms with Gasteiger partial charge in [-0.05, 0) is 59.7 Å². The van der Waals surface area contributed by atoms with E-state index in [1.165, 1.54) is 0 Å². The van der Waals surface area contributed by atoms with Crippen molar-refractivity contribution in [3.63, 3.8) is 0 Å². The van der Waals surface area contributed by atoms with Gasteiger partial charge >= 0.3 is 0 Å². The minimum atomic E-state index is 0.498. The number of nitrogens with one attached hydrogen (secondary N) is 2. The molecule has 1 aromatic heterocycles. The average molecular weight is 377 g/mol. The monoisotopic (exact) mass is 376 g/mol. The molecule has 0 aliphatic rings. The number of halogens is 1. The molecule has 5 nitrogen and oxygen atoms in total. The summed E-state index contributed by atoms with van der Waals surface area (Å²) >= 11 is 5.88. The Morgan fingerprint density at radius 2 is 1.78 bits per heavy atom.